The summed E-state index contributed by atoms with van der Waals surface area (Å²) in [5.74, 6) is 2.00. The molecule has 1 rings (SSSR count). The Morgan fingerprint density at radius 1 is 1.30 bits per heavy atom. The average Bonchev–Trinajstić information content (AvgIpc) is 2.56. The van der Waals surface area contributed by atoms with Crippen LogP contribution in [0, 0.1) is 0 Å². The third-order valence-electron chi connectivity index (χ3n) is 3.57. The molecule has 0 aliphatic rings. The molecule has 130 valence electrons. The summed E-state index contributed by atoms with van der Waals surface area (Å²) >= 11 is 6.08. The minimum atomic E-state index is -0.342. The molecule has 0 spiro atoms. The largest absolute Gasteiger partial charge is 0.497 e. The molecule has 0 aromatic heterocycles. The molecule has 0 aliphatic carbocycles. The van der Waals surface area contributed by atoms with Crippen LogP contribution < -0.4 is 10.1 Å². The minimum Gasteiger partial charge on any atom is -0.497 e. The summed E-state index contributed by atoms with van der Waals surface area (Å²) in [6, 6.07) is 7.81. The van der Waals surface area contributed by atoms with Gasteiger partial charge in [0.05, 0.1) is 14.2 Å². The summed E-state index contributed by atoms with van der Waals surface area (Å²) in [5.41, 5.74) is 1.28. The standard InChI is InChI=1S/C17H27NO3S2/c1-17(2,9-10-18-15(11-22)16(19)21-4)23-12-13-5-7-14(20-3)8-6-13/h5-8,15,18,22H,9-12H2,1-4H3/t15-/m0/s1. The Bertz CT molecular complexity index is 477. The lowest BCUT2D eigenvalue weighted by atomic mass is 10.1. The van der Waals surface area contributed by atoms with Crippen molar-refractivity contribution < 1.29 is 14.3 Å². The Morgan fingerprint density at radius 3 is 2.48 bits per heavy atom. The van der Waals surface area contributed by atoms with Crippen LogP contribution >= 0.6 is 24.4 Å². The summed E-state index contributed by atoms with van der Waals surface area (Å²) in [7, 11) is 3.07. The molecule has 1 aromatic carbocycles. The number of hydrogen-bond acceptors (Lipinski definition) is 6. The molecular weight excluding hydrogens is 330 g/mol. The summed E-state index contributed by atoms with van der Waals surface area (Å²) in [6.07, 6.45) is 0.953. The number of carbonyl (C=O) groups excluding carboxylic acids is 1. The molecule has 4 nitrogen and oxygen atoms in total. The van der Waals surface area contributed by atoms with Crippen LogP contribution in [-0.2, 0) is 15.3 Å². The monoisotopic (exact) mass is 357 g/mol. The summed E-state index contributed by atoms with van der Waals surface area (Å²) in [4.78, 5) is 11.5. The molecule has 0 aliphatic heterocycles. The molecule has 0 fully saturated rings. The van der Waals surface area contributed by atoms with Gasteiger partial charge >= 0.3 is 5.97 Å². The summed E-state index contributed by atoms with van der Waals surface area (Å²) < 4.78 is 10.0. The van der Waals surface area contributed by atoms with Crippen molar-refractivity contribution in [3.63, 3.8) is 0 Å². The van der Waals surface area contributed by atoms with Crippen LogP contribution in [0.25, 0.3) is 0 Å². The van der Waals surface area contributed by atoms with E-state index in [1.807, 2.05) is 23.9 Å². The highest BCUT2D eigenvalue weighted by Gasteiger charge is 2.21. The highest BCUT2D eigenvalue weighted by Crippen LogP contribution is 2.31. The lowest BCUT2D eigenvalue weighted by Gasteiger charge is -2.25. The SMILES string of the molecule is COC(=O)[C@H](CS)NCCC(C)(C)SCc1ccc(OC)cc1. The van der Waals surface area contributed by atoms with E-state index in [1.54, 1.807) is 7.11 Å². The lowest BCUT2D eigenvalue weighted by molar-refractivity contribution is -0.142. The fraction of sp³-hybridized carbons (Fsp3) is 0.588. The van der Waals surface area contributed by atoms with Gasteiger partial charge in [0, 0.05) is 16.3 Å². The molecule has 0 saturated carbocycles. The number of nitrogens with one attached hydrogen (secondary N) is 1. The number of ether oxygens (including phenoxy) is 2. The maximum Gasteiger partial charge on any atom is 0.323 e. The zero-order valence-electron chi connectivity index (χ0n) is 14.3. The Hall–Kier alpha value is -0.850. The maximum atomic E-state index is 11.5. The van der Waals surface area contributed by atoms with Gasteiger partial charge in [-0.15, -0.1) is 0 Å². The topological polar surface area (TPSA) is 47.6 Å². The van der Waals surface area contributed by atoms with E-state index in [1.165, 1.54) is 12.7 Å². The molecule has 1 aromatic rings. The first kappa shape index (κ1) is 20.2. The molecule has 0 unspecified atom stereocenters. The molecular formula is C17H27NO3S2. The van der Waals surface area contributed by atoms with Crippen LogP contribution in [0.2, 0.25) is 0 Å². The second kappa shape index (κ2) is 10.1. The Labute approximate surface area is 149 Å². The molecule has 1 N–H and O–H groups in total. The van der Waals surface area contributed by atoms with Gasteiger partial charge in [-0.05, 0) is 30.7 Å². The Kier molecular flexibility index (Phi) is 8.87. The first-order chi connectivity index (χ1) is 10.9. The highest BCUT2D eigenvalue weighted by atomic mass is 32.2. The van der Waals surface area contributed by atoms with Gasteiger partial charge in [0.15, 0.2) is 0 Å². The van der Waals surface area contributed by atoms with E-state index in [2.05, 4.69) is 43.9 Å². The van der Waals surface area contributed by atoms with Crippen molar-refractivity contribution in [1.29, 1.82) is 0 Å². The van der Waals surface area contributed by atoms with Gasteiger partial charge in [-0.1, -0.05) is 26.0 Å². The van der Waals surface area contributed by atoms with Crippen LogP contribution in [0.1, 0.15) is 25.8 Å². The van der Waals surface area contributed by atoms with E-state index in [-0.39, 0.29) is 16.8 Å². The van der Waals surface area contributed by atoms with Gasteiger partial charge in [0.25, 0.3) is 0 Å². The number of thiol groups is 1. The van der Waals surface area contributed by atoms with Crippen molar-refractivity contribution in [1.82, 2.24) is 5.32 Å². The number of thioether (sulfide) groups is 1. The van der Waals surface area contributed by atoms with Crippen LogP contribution in [-0.4, -0.2) is 43.3 Å². The third-order valence-corrected chi connectivity index (χ3v) is 5.40. The van der Waals surface area contributed by atoms with Gasteiger partial charge < -0.3 is 14.8 Å². The molecule has 0 amide bonds. The van der Waals surface area contributed by atoms with E-state index >= 15 is 0 Å². The molecule has 1 atom stereocenters. The number of methoxy groups -OCH3 is 2. The van der Waals surface area contributed by atoms with Gasteiger partial charge in [0.2, 0.25) is 0 Å². The van der Waals surface area contributed by atoms with Gasteiger partial charge in [0.1, 0.15) is 11.8 Å². The number of benzene rings is 1. The van der Waals surface area contributed by atoms with Crippen molar-refractivity contribution in [2.75, 3.05) is 26.5 Å². The molecule has 0 heterocycles. The van der Waals surface area contributed by atoms with Crippen LogP contribution in [0.3, 0.4) is 0 Å². The fourth-order valence-electron chi connectivity index (χ4n) is 1.98. The minimum absolute atomic E-state index is 0.115. The number of rotatable bonds is 10. The average molecular weight is 358 g/mol. The first-order valence-electron chi connectivity index (χ1n) is 7.61. The van der Waals surface area contributed by atoms with E-state index in [0.717, 1.165) is 24.5 Å². The number of carbonyl (C=O) groups is 1. The highest BCUT2D eigenvalue weighted by molar-refractivity contribution is 7.99. The lowest BCUT2D eigenvalue weighted by Crippen LogP contribution is -2.41. The maximum absolute atomic E-state index is 11.5. The number of hydrogen-bond donors (Lipinski definition) is 2. The zero-order chi connectivity index (χ0) is 17.3. The van der Waals surface area contributed by atoms with Crippen LogP contribution in [0.15, 0.2) is 24.3 Å². The van der Waals surface area contributed by atoms with Gasteiger partial charge in [-0.3, -0.25) is 4.79 Å². The quantitative estimate of drug-likeness (QED) is 0.498. The molecule has 6 heteroatoms. The molecule has 0 bridgehead atoms. The van der Waals surface area contributed by atoms with E-state index in [9.17, 15) is 4.79 Å². The summed E-state index contributed by atoms with van der Waals surface area (Å²) in [6.45, 7) is 5.19. The van der Waals surface area contributed by atoms with Crippen LogP contribution in [0.4, 0.5) is 0 Å². The summed E-state index contributed by atoms with van der Waals surface area (Å²) in [5, 5.41) is 3.21. The fourth-order valence-corrected chi connectivity index (χ4v) is 3.26. The Balaban J connectivity index is 2.38. The number of esters is 1. The van der Waals surface area contributed by atoms with Crippen LogP contribution in [0.5, 0.6) is 5.75 Å². The predicted octanol–water partition coefficient (Wildman–Crippen LogP) is 3.16. The van der Waals surface area contributed by atoms with Crippen molar-refractivity contribution in [3.8, 4) is 5.75 Å². The zero-order valence-corrected chi connectivity index (χ0v) is 16.0. The second-order valence-electron chi connectivity index (χ2n) is 5.86. The molecule has 0 saturated heterocycles. The predicted molar refractivity (Wildman–Crippen MR) is 101 cm³/mol. The third kappa shape index (κ3) is 7.50. The molecule has 0 radical (unpaired) electrons. The van der Waals surface area contributed by atoms with Crippen molar-refractivity contribution in [2.45, 2.75) is 36.8 Å². The first-order valence-corrected chi connectivity index (χ1v) is 9.22. The van der Waals surface area contributed by atoms with Gasteiger partial charge in [-0.2, -0.15) is 24.4 Å². The molecule has 23 heavy (non-hydrogen) atoms. The smallest absolute Gasteiger partial charge is 0.323 e. The van der Waals surface area contributed by atoms with Crippen molar-refractivity contribution >= 4 is 30.4 Å². The van der Waals surface area contributed by atoms with E-state index in [0.29, 0.717) is 5.75 Å². The normalized spacial score (nSPS) is 12.7. The van der Waals surface area contributed by atoms with Crippen molar-refractivity contribution in [3.05, 3.63) is 29.8 Å². The van der Waals surface area contributed by atoms with E-state index in [4.69, 9.17) is 9.47 Å². The van der Waals surface area contributed by atoms with Gasteiger partial charge in [-0.25, -0.2) is 0 Å². The second-order valence-corrected chi connectivity index (χ2v) is 7.91. The Morgan fingerprint density at radius 2 is 1.96 bits per heavy atom. The van der Waals surface area contributed by atoms with Crippen molar-refractivity contribution in [2.24, 2.45) is 0 Å². The van der Waals surface area contributed by atoms with E-state index < -0.39 is 0 Å².